The first-order valence-corrected chi connectivity index (χ1v) is 7.01. The number of amides is 1. The average molecular weight is 326 g/mol. The maximum Gasteiger partial charge on any atom is 0.271 e. The van der Waals surface area contributed by atoms with Crippen LogP contribution in [-0.2, 0) is 0 Å². The van der Waals surface area contributed by atoms with E-state index in [4.69, 9.17) is 5.73 Å². The van der Waals surface area contributed by atoms with E-state index in [0.29, 0.717) is 10.8 Å². The monoisotopic (exact) mass is 325 g/mol. The van der Waals surface area contributed by atoms with Crippen molar-refractivity contribution >= 4 is 38.3 Å². The number of nitrogens with one attached hydrogen (secondary N) is 1. The molecule has 3 N–H and O–H groups in total. The van der Waals surface area contributed by atoms with Crippen molar-refractivity contribution in [2.45, 2.75) is 13.0 Å². The molecule has 2 aromatic rings. The van der Waals surface area contributed by atoms with E-state index in [1.165, 1.54) is 11.3 Å². The predicted octanol–water partition coefficient (Wildman–Crippen LogP) is 2.98. The molecule has 4 nitrogen and oxygen atoms in total. The Morgan fingerprint density at radius 1 is 1.44 bits per heavy atom. The third-order valence-corrected chi connectivity index (χ3v) is 3.67. The van der Waals surface area contributed by atoms with Crippen LogP contribution < -0.4 is 11.1 Å². The number of carbonyl (C=O) groups excluding carboxylic acids is 1. The van der Waals surface area contributed by atoms with E-state index in [0.717, 1.165) is 10.0 Å². The highest BCUT2D eigenvalue weighted by atomic mass is 79.9. The van der Waals surface area contributed by atoms with Gasteiger partial charge in [-0.15, -0.1) is 11.3 Å². The molecule has 0 spiro atoms. The number of rotatable bonds is 3. The molecule has 18 heavy (non-hydrogen) atoms. The molecule has 1 aromatic carbocycles. The summed E-state index contributed by atoms with van der Waals surface area (Å²) in [5.74, 6) is -0.210. The minimum absolute atomic E-state index is 0.0754. The van der Waals surface area contributed by atoms with E-state index in [2.05, 4.69) is 26.2 Å². The highest BCUT2D eigenvalue weighted by molar-refractivity contribution is 9.10. The number of nitrogens with zero attached hydrogens (tertiary/aromatic N) is 1. The van der Waals surface area contributed by atoms with Gasteiger partial charge in [0.25, 0.3) is 5.91 Å². The molecule has 0 fully saturated rings. The molecule has 0 aliphatic rings. The lowest BCUT2D eigenvalue weighted by Crippen LogP contribution is -2.26. The van der Waals surface area contributed by atoms with Crippen molar-refractivity contribution in [2.75, 3.05) is 5.73 Å². The second-order valence-electron chi connectivity index (χ2n) is 3.82. The molecule has 0 aliphatic heterocycles. The van der Waals surface area contributed by atoms with Crippen LogP contribution in [0.15, 0.2) is 34.1 Å². The van der Waals surface area contributed by atoms with Crippen molar-refractivity contribution in [2.24, 2.45) is 0 Å². The second kappa shape index (κ2) is 5.49. The number of anilines is 1. The van der Waals surface area contributed by atoms with Crippen LogP contribution in [0.2, 0.25) is 0 Å². The molecule has 1 aromatic heterocycles. The zero-order valence-electron chi connectivity index (χ0n) is 9.68. The largest absolute Gasteiger partial charge is 0.375 e. The lowest BCUT2D eigenvalue weighted by molar-refractivity contribution is 0.0935. The summed E-state index contributed by atoms with van der Waals surface area (Å²) in [6.45, 7) is 1.93. The molecule has 0 saturated carbocycles. The van der Waals surface area contributed by atoms with Crippen LogP contribution in [0, 0.1) is 0 Å². The van der Waals surface area contributed by atoms with Crippen molar-refractivity contribution < 1.29 is 4.79 Å². The van der Waals surface area contributed by atoms with Crippen LogP contribution in [0.3, 0.4) is 0 Å². The van der Waals surface area contributed by atoms with Gasteiger partial charge in [0, 0.05) is 9.85 Å². The number of benzene rings is 1. The summed E-state index contributed by atoms with van der Waals surface area (Å²) in [6, 6.07) is 7.74. The van der Waals surface area contributed by atoms with E-state index in [-0.39, 0.29) is 11.9 Å². The van der Waals surface area contributed by atoms with E-state index in [1.807, 2.05) is 31.2 Å². The first-order valence-electron chi connectivity index (χ1n) is 5.33. The predicted molar refractivity (Wildman–Crippen MR) is 76.5 cm³/mol. The van der Waals surface area contributed by atoms with Gasteiger partial charge in [-0.05, 0) is 24.6 Å². The summed E-state index contributed by atoms with van der Waals surface area (Å²) in [5, 5.41) is 4.93. The van der Waals surface area contributed by atoms with Gasteiger partial charge >= 0.3 is 0 Å². The van der Waals surface area contributed by atoms with Crippen LogP contribution in [0.25, 0.3) is 0 Å². The molecule has 0 aliphatic carbocycles. The first kappa shape index (κ1) is 13.0. The molecular weight excluding hydrogens is 314 g/mol. The van der Waals surface area contributed by atoms with Gasteiger partial charge in [-0.3, -0.25) is 4.79 Å². The number of halogens is 1. The Labute approximate surface area is 117 Å². The molecule has 94 valence electrons. The van der Waals surface area contributed by atoms with E-state index < -0.39 is 0 Å². The number of thiazole rings is 1. The summed E-state index contributed by atoms with van der Waals surface area (Å²) in [5.41, 5.74) is 6.90. The highest BCUT2D eigenvalue weighted by Crippen LogP contribution is 2.17. The van der Waals surface area contributed by atoms with Crippen LogP contribution >= 0.6 is 27.3 Å². The SMILES string of the molecule is C[C@H](NC(=O)c1csc(N)n1)c1ccc(Br)cc1. The molecule has 0 radical (unpaired) electrons. The number of carbonyl (C=O) groups is 1. The number of hydrogen-bond acceptors (Lipinski definition) is 4. The minimum Gasteiger partial charge on any atom is -0.375 e. The van der Waals surface area contributed by atoms with Gasteiger partial charge < -0.3 is 11.1 Å². The fourth-order valence-corrected chi connectivity index (χ4v) is 2.30. The molecule has 0 saturated heterocycles. The summed E-state index contributed by atoms with van der Waals surface area (Å²) in [7, 11) is 0. The van der Waals surface area contributed by atoms with Gasteiger partial charge in [0.2, 0.25) is 0 Å². The van der Waals surface area contributed by atoms with E-state index in [1.54, 1.807) is 5.38 Å². The Bertz CT molecular complexity index is 553. The molecule has 2 rings (SSSR count). The van der Waals surface area contributed by atoms with Crippen LogP contribution in [0.5, 0.6) is 0 Å². The minimum atomic E-state index is -0.210. The average Bonchev–Trinajstić information content (AvgIpc) is 2.76. The molecule has 6 heteroatoms. The van der Waals surface area contributed by atoms with Crippen molar-refractivity contribution in [3.8, 4) is 0 Å². The zero-order chi connectivity index (χ0) is 13.1. The zero-order valence-corrected chi connectivity index (χ0v) is 12.1. The highest BCUT2D eigenvalue weighted by Gasteiger charge is 2.13. The number of nitrogens with two attached hydrogens (primary N) is 1. The van der Waals surface area contributed by atoms with E-state index in [9.17, 15) is 4.79 Å². The maximum absolute atomic E-state index is 11.9. The third-order valence-electron chi connectivity index (χ3n) is 2.47. The van der Waals surface area contributed by atoms with Crippen LogP contribution in [0.4, 0.5) is 5.13 Å². The van der Waals surface area contributed by atoms with Crippen LogP contribution in [-0.4, -0.2) is 10.9 Å². The Balaban J connectivity index is 2.05. The van der Waals surface area contributed by atoms with Gasteiger partial charge in [0.15, 0.2) is 5.13 Å². The van der Waals surface area contributed by atoms with Gasteiger partial charge in [-0.25, -0.2) is 4.98 Å². The maximum atomic E-state index is 11.9. The molecular formula is C12H12BrN3OS. The van der Waals surface area contributed by atoms with E-state index >= 15 is 0 Å². The van der Waals surface area contributed by atoms with Crippen molar-refractivity contribution in [3.05, 3.63) is 45.4 Å². The number of hydrogen-bond donors (Lipinski definition) is 2. The fraction of sp³-hybridized carbons (Fsp3) is 0.167. The summed E-state index contributed by atoms with van der Waals surface area (Å²) >= 11 is 4.63. The number of nitrogen functional groups attached to an aromatic ring is 1. The Morgan fingerprint density at radius 3 is 2.67 bits per heavy atom. The summed E-state index contributed by atoms with van der Waals surface area (Å²) in [4.78, 5) is 15.8. The Morgan fingerprint density at radius 2 is 2.11 bits per heavy atom. The van der Waals surface area contributed by atoms with Gasteiger partial charge in [-0.1, -0.05) is 28.1 Å². The van der Waals surface area contributed by atoms with Gasteiger partial charge in [-0.2, -0.15) is 0 Å². The van der Waals surface area contributed by atoms with Crippen molar-refractivity contribution in [1.29, 1.82) is 0 Å². The third kappa shape index (κ3) is 3.08. The fourth-order valence-electron chi connectivity index (χ4n) is 1.50. The molecule has 1 amide bonds. The summed E-state index contributed by atoms with van der Waals surface area (Å²) < 4.78 is 1.01. The number of aromatic nitrogens is 1. The van der Waals surface area contributed by atoms with Crippen molar-refractivity contribution in [1.82, 2.24) is 10.3 Å². The molecule has 1 atom stereocenters. The molecule has 0 bridgehead atoms. The lowest BCUT2D eigenvalue weighted by Gasteiger charge is -2.13. The topological polar surface area (TPSA) is 68.0 Å². The normalized spacial score (nSPS) is 12.1. The quantitative estimate of drug-likeness (QED) is 0.911. The van der Waals surface area contributed by atoms with Gasteiger partial charge in [0.1, 0.15) is 5.69 Å². The van der Waals surface area contributed by atoms with Crippen molar-refractivity contribution in [3.63, 3.8) is 0 Å². The molecule has 1 heterocycles. The molecule has 0 unspecified atom stereocenters. The first-order chi connectivity index (χ1) is 8.56. The summed E-state index contributed by atoms with van der Waals surface area (Å²) in [6.07, 6.45) is 0. The smallest absolute Gasteiger partial charge is 0.271 e. The Kier molecular flexibility index (Phi) is 3.98. The standard InChI is InChI=1S/C12H12BrN3OS/c1-7(8-2-4-9(13)5-3-8)15-11(17)10-6-18-12(14)16-10/h2-7H,1H3,(H2,14,16)(H,15,17)/t7-/m0/s1. The van der Waals surface area contributed by atoms with Crippen LogP contribution in [0.1, 0.15) is 29.0 Å². The second-order valence-corrected chi connectivity index (χ2v) is 5.62. The van der Waals surface area contributed by atoms with Gasteiger partial charge in [0.05, 0.1) is 6.04 Å². The lowest BCUT2D eigenvalue weighted by atomic mass is 10.1. The Hall–Kier alpha value is -1.40.